The van der Waals surface area contributed by atoms with Crippen LogP contribution < -0.4 is 9.64 Å². The normalized spacial score (nSPS) is 10.7. The van der Waals surface area contributed by atoms with E-state index in [0.29, 0.717) is 19.8 Å². The average molecular weight is 253 g/mol. The maximum atomic E-state index is 5.53. The van der Waals surface area contributed by atoms with Crippen LogP contribution in [0.15, 0.2) is 24.3 Å². The van der Waals surface area contributed by atoms with Crippen LogP contribution in [0, 0.1) is 0 Å². The fourth-order valence-electron chi connectivity index (χ4n) is 1.69. The Labute approximate surface area is 109 Å². The fraction of sp³-hybridized carbons (Fsp3) is 0.571. The predicted molar refractivity (Wildman–Crippen MR) is 73.3 cm³/mol. The van der Waals surface area contributed by atoms with Gasteiger partial charge < -0.3 is 19.1 Å². The molecule has 0 N–H and O–H groups in total. The first kappa shape index (κ1) is 14.8. The number of hydrogen-bond acceptors (Lipinski definition) is 4. The Kier molecular flexibility index (Phi) is 6.54. The van der Waals surface area contributed by atoms with Crippen molar-refractivity contribution < 1.29 is 14.2 Å². The number of benzene rings is 1. The van der Waals surface area contributed by atoms with E-state index in [1.54, 1.807) is 7.11 Å². The van der Waals surface area contributed by atoms with Crippen LogP contribution in [0.2, 0.25) is 0 Å². The number of ether oxygens (including phenoxy) is 3. The molecule has 1 rings (SSSR count). The minimum Gasteiger partial charge on any atom is -0.497 e. The third-order valence-electron chi connectivity index (χ3n) is 2.64. The van der Waals surface area contributed by atoms with Crippen LogP contribution in [0.4, 0.5) is 5.69 Å². The quantitative estimate of drug-likeness (QED) is 0.666. The molecule has 0 saturated carbocycles. The second-order valence-electron chi connectivity index (χ2n) is 3.92. The average Bonchev–Trinajstić information content (AvgIpc) is 2.39. The highest BCUT2D eigenvalue weighted by molar-refractivity contribution is 5.48. The second kappa shape index (κ2) is 7.95. The monoisotopic (exact) mass is 253 g/mol. The van der Waals surface area contributed by atoms with Crippen molar-refractivity contribution in [1.29, 1.82) is 0 Å². The van der Waals surface area contributed by atoms with Gasteiger partial charge in [-0.05, 0) is 38.1 Å². The van der Waals surface area contributed by atoms with E-state index >= 15 is 0 Å². The van der Waals surface area contributed by atoms with Crippen molar-refractivity contribution >= 4 is 5.69 Å². The van der Waals surface area contributed by atoms with Gasteiger partial charge in [0.15, 0.2) is 6.29 Å². The van der Waals surface area contributed by atoms with Gasteiger partial charge in [0.25, 0.3) is 0 Å². The standard InChI is InChI=1S/C14H23NO3/c1-5-17-14(18-6-2)11-15(3)12-7-9-13(16-4)10-8-12/h7-10,14H,5-6,11H2,1-4H3. The largest absolute Gasteiger partial charge is 0.497 e. The highest BCUT2D eigenvalue weighted by atomic mass is 16.7. The molecular weight excluding hydrogens is 230 g/mol. The molecule has 18 heavy (non-hydrogen) atoms. The van der Waals surface area contributed by atoms with E-state index in [1.165, 1.54) is 0 Å². The number of rotatable bonds is 8. The molecule has 0 aliphatic carbocycles. The molecule has 0 aliphatic heterocycles. The molecule has 0 saturated heterocycles. The molecule has 0 fully saturated rings. The Morgan fingerprint density at radius 2 is 1.61 bits per heavy atom. The van der Waals surface area contributed by atoms with Crippen LogP contribution in [0.1, 0.15) is 13.8 Å². The number of methoxy groups -OCH3 is 1. The Hall–Kier alpha value is -1.26. The van der Waals surface area contributed by atoms with Crippen LogP contribution in [0.25, 0.3) is 0 Å². The first-order valence-corrected chi connectivity index (χ1v) is 6.29. The lowest BCUT2D eigenvalue weighted by Crippen LogP contribution is -2.33. The van der Waals surface area contributed by atoms with Gasteiger partial charge in [-0.1, -0.05) is 0 Å². The molecule has 102 valence electrons. The van der Waals surface area contributed by atoms with Gasteiger partial charge in [0.2, 0.25) is 0 Å². The van der Waals surface area contributed by atoms with E-state index in [4.69, 9.17) is 14.2 Å². The van der Waals surface area contributed by atoms with Crippen molar-refractivity contribution in [3.63, 3.8) is 0 Å². The molecule has 0 aliphatic rings. The predicted octanol–water partition coefficient (Wildman–Crippen LogP) is 2.53. The van der Waals surface area contributed by atoms with E-state index in [0.717, 1.165) is 11.4 Å². The van der Waals surface area contributed by atoms with Gasteiger partial charge >= 0.3 is 0 Å². The van der Waals surface area contributed by atoms with Crippen LogP contribution in [-0.4, -0.2) is 40.2 Å². The molecule has 4 nitrogen and oxygen atoms in total. The minimum atomic E-state index is -0.188. The summed E-state index contributed by atoms with van der Waals surface area (Å²) in [4.78, 5) is 2.11. The molecule has 0 spiro atoms. The molecule has 0 bridgehead atoms. The van der Waals surface area contributed by atoms with Crippen LogP contribution in [0.5, 0.6) is 5.75 Å². The smallest absolute Gasteiger partial charge is 0.174 e. The van der Waals surface area contributed by atoms with E-state index in [-0.39, 0.29) is 6.29 Å². The first-order valence-electron chi connectivity index (χ1n) is 6.29. The van der Waals surface area contributed by atoms with Crippen molar-refractivity contribution in [2.45, 2.75) is 20.1 Å². The summed E-state index contributed by atoms with van der Waals surface area (Å²) in [5.74, 6) is 0.860. The lowest BCUT2D eigenvalue weighted by Gasteiger charge is -2.25. The molecule has 1 aromatic rings. The van der Waals surface area contributed by atoms with Crippen molar-refractivity contribution in [1.82, 2.24) is 0 Å². The van der Waals surface area contributed by atoms with Gasteiger partial charge in [0, 0.05) is 25.9 Å². The molecule has 1 aromatic carbocycles. The number of hydrogen-bond donors (Lipinski definition) is 0. The summed E-state index contributed by atoms with van der Waals surface area (Å²) < 4.78 is 16.2. The summed E-state index contributed by atoms with van der Waals surface area (Å²) in [5.41, 5.74) is 1.11. The molecule has 0 atom stereocenters. The van der Waals surface area contributed by atoms with Gasteiger partial charge in [-0.15, -0.1) is 0 Å². The van der Waals surface area contributed by atoms with E-state index in [2.05, 4.69) is 4.90 Å². The molecule has 4 heteroatoms. The van der Waals surface area contributed by atoms with Gasteiger partial charge in [-0.2, -0.15) is 0 Å². The molecule has 0 radical (unpaired) electrons. The third kappa shape index (κ3) is 4.55. The maximum absolute atomic E-state index is 5.53. The van der Waals surface area contributed by atoms with Crippen LogP contribution in [0.3, 0.4) is 0 Å². The van der Waals surface area contributed by atoms with E-state index < -0.39 is 0 Å². The molecule has 0 unspecified atom stereocenters. The fourth-order valence-corrected chi connectivity index (χ4v) is 1.69. The van der Waals surface area contributed by atoms with E-state index in [9.17, 15) is 0 Å². The van der Waals surface area contributed by atoms with Crippen molar-refractivity contribution in [3.05, 3.63) is 24.3 Å². The van der Waals surface area contributed by atoms with Gasteiger partial charge in [-0.25, -0.2) is 0 Å². The SMILES string of the molecule is CCOC(CN(C)c1ccc(OC)cc1)OCC. The molecule has 0 heterocycles. The Bertz CT molecular complexity index is 320. The van der Waals surface area contributed by atoms with Gasteiger partial charge in [0.1, 0.15) is 5.75 Å². The highest BCUT2D eigenvalue weighted by Gasteiger charge is 2.11. The molecule has 0 amide bonds. The zero-order chi connectivity index (χ0) is 13.4. The maximum Gasteiger partial charge on any atom is 0.174 e. The summed E-state index contributed by atoms with van der Waals surface area (Å²) in [5, 5.41) is 0. The highest BCUT2D eigenvalue weighted by Crippen LogP contribution is 2.18. The number of nitrogens with zero attached hydrogens (tertiary/aromatic N) is 1. The van der Waals surface area contributed by atoms with Crippen molar-refractivity contribution in [3.8, 4) is 5.75 Å². The Morgan fingerprint density at radius 1 is 1.06 bits per heavy atom. The lowest BCUT2D eigenvalue weighted by molar-refractivity contribution is -0.129. The topological polar surface area (TPSA) is 30.9 Å². The summed E-state index contributed by atoms with van der Waals surface area (Å²) in [6.07, 6.45) is -0.188. The summed E-state index contributed by atoms with van der Waals surface area (Å²) >= 11 is 0. The van der Waals surface area contributed by atoms with Crippen LogP contribution >= 0.6 is 0 Å². The van der Waals surface area contributed by atoms with Gasteiger partial charge in [0.05, 0.1) is 13.7 Å². The first-order chi connectivity index (χ1) is 8.71. The molecular formula is C14H23NO3. The number of likely N-dealkylation sites (N-methyl/N-ethyl adjacent to an activating group) is 1. The summed E-state index contributed by atoms with van der Waals surface area (Å²) in [6, 6.07) is 7.94. The molecule has 0 aromatic heterocycles. The zero-order valence-corrected chi connectivity index (χ0v) is 11.7. The lowest BCUT2D eigenvalue weighted by atomic mass is 10.3. The van der Waals surface area contributed by atoms with Gasteiger partial charge in [-0.3, -0.25) is 0 Å². The third-order valence-corrected chi connectivity index (χ3v) is 2.64. The minimum absolute atomic E-state index is 0.188. The van der Waals surface area contributed by atoms with E-state index in [1.807, 2.05) is 45.2 Å². The summed E-state index contributed by atoms with van der Waals surface area (Å²) in [6.45, 7) is 5.95. The van der Waals surface area contributed by atoms with Crippen LogP contribution in [-0.2, 0) is 9.47 Å². The van der Waals surface area contributed by atoms with Crippen molar-refractivity contribution in [2.24, 2.45) is 0 Å². The number of anilines is 1. The zero-order valence-electron chi connectivity index (χ0n) is 11.7. The Balaban J connectivity index is 2.58. The summed E-state index contributed by atoms with van der Waals surface area (Å²) in [7, 11) is 3.69. The Morgan fingerprint density at radius 3 is 2.06 bits per heavy atom. The second-order valence-corrected chi connectivity index (χ2v) is 3.92. The van der Waals surface area contributed by atoms with Crippen molar-refractivity contribution in [2.75, 3.05) is 38.8 Å².